The van der Waals surface area contributed by atoms with E-state index in [9.17, 15) is 14.0 Å². The summed E-state index contributed by atoms with van der Waals surface area (Å²) in [6.07, 6.45) is 1.37. The minimum Gasteiger partial charge on any atom is -0.489 e. The Morgan fingerprint density at radius 2 is 1.58 bits per heavy atom. The molecule has 3 aromatic rings. The Kier molecular flexibility index (Phi) is 7.59. The van der Waals surface area contributed by atoms with E-state index < -0.39 is 17.6 Å². The molecule has 0 fully saturated rings. The van der Waals surface area contributed by atoms with Gasteiger partial charge in [-0.2, -0.15) is 5.10 Å². The fourth-order valence-corrected chi connectivity index (χ4v) is 2.92. The summed E-state index contributed by atoms with van der Waals surface area (Å²) in [5.74, 6) is -1.74. The molecule has 0 saturated carbocycles. The molecule has 0 spiro atoms. The number of carbonyl (C=O) groups excluding carboxylic acids is 2. The first-order chi connectivity index (χ1) is 14.9. The number of amides is 2. The van der Waals surface area contributed by atoms with Gasteiger partial charge in [0, 0.05) is 21.3 Å². The third-order valence-electron chi connectivity index (χ3n) is 4.01. The molecule has 0 atom stereocenters. The van der Waals surface area contributed by atoms with Crippen molar-refractivity contribution < 1.29 is 18.7 Å². The molecule has 0 saturated heterocycles. The van der Waals surface area contributed by atoms with Crippen molar-refractivity contribution in [2.24, 2.45) is 5.10 Å². The molecule has 158 valence electrons. The second-order valence-corrected chi connectivity index (χ2v) is 7.03. The molecular weight excluding hydrogens is 444 g/mol. The molecule has 2 N–H and O–H groups in total. The second-order valence-electron chi connectivity index (χ2n) is 6.22. The van der Waals surface area contributed by atoms with Gasteiger partial charge in [-0.15, -0.1) is 0 Å². The fourth-order valence-electron chi connectivity index (χ4n) is 2.41. The van der Waals surface area contributed by atoms with Crippen LogP contribution in [0.15, 0.2) is 71.8 Å². The number of nitrogens with one attached hydrogen (secondary N) is 2. The lowest BCUT2D eigenvalue weighted by molar-refractivity contribution is -0.136. The van der Waals surface area contributed by atoms with Crippen LogP contribution in [0.5, 0.6) is 5.75 Å². The van der Waals surface area contributed by atoms with Crippen LogP contribution in [-0.4, -0.2) is 18.0 Å². The molecule has 6 nitrogen and oxygen atoms in total. The Morgan fingerprint density at radius 1 is 0.935 bits per heavy atom. The molecule has 31 heavy (non-hydrogen) atoms. The molecule has 0 heterocycles. The van der Waals surface area contributed by atoms with Crippen LogP contribution in [0.2, 0.25) is 10.0 Å². The summed E-state index contributed by atoms with van der Waals surface area (Å²) in [7, 11) is 0. The maximum atomic E-state index is 12.9. The Labute approximate surface area is 187 Å². The van der Waals surface area contributed by atoms with Crippen molar-refractivity contribution in [1.29, 1.82) is 0 Å². The topological polar surface area (TPSA) is 79.8 Å². The van der Waals surface area contributed by atoms with Gasteiger partial charge in [0.1, 0.15) is 18.2 Å². The molecule has 0 aromatic heterocycles. The summed E-state index contributed by atoms with van der Waals surface area (Å²) in [5, 5.41) is 7.12. The van der Waals surface area contributed by atoms with E-state index in [1.54, 1.807) is 42.5 Å². The number of hydrogen-bond donors (Lipinski definition) is 2. The molecule has 3 aromatic carbocycles. The molecule has 0 bridgehead atoms. The van der Waals surface area contributed by atoms with Crippen LogP contribution >= 0.6 is 23.2 Å². The van der Waals surface area contributed by atoms with Gasteiger partial charge in [0.15, 0.2) is 0 Å². The van der Waals surface area contributed by atoms with Gasteiger partial charge >= 0.3 is 11.8 Å². The average Bonchev–Trinajstić information content (AvgIpc) is 2.76. The van der Waals surface area contributed by atoms with Gasteiger partial charge in [-0.3, -0.25) is 9.59 Å². The summed E-state index contributed by atoms with van der Waals surface area (Å²) in [6, 6.07) is 17.1. The van der Waals surface area contributed by atoms with Crippen molar-refractivity contribution in [2.75, 3.05) is 5.32 Å². The van der Waals surface area contributed by atoms with E-state index in [0.717, 1.165) is 0 Å². The number of hydrazone groups is 1. The minimum absolute atomic E-state index is 0.213. The zero-order chi connectivity index (χ0) is 22.2. The van der Waals surface area contributed by atoms with Crippen LogP contribution in [0.4, 0.5) is 10.1 Å². The number of nitrogens with zero attached hydrogens (tertiary/aromatic N) is 1. The molecule has 0 aliphatic carbocycles. The van der Waals surface area contributed by atoms with Gasteiger partial charge < -0.3 is 10.1 Å². The van der Waals surface area contributed by atoms with Gasteiger partial charge in [0.2, 0.25) is 0 Å². The lowest BCUT2D eigenvalue weighted by Gasteiger charge is -2.09. The molecule has 3 rings (SSSR count). The number of benzene rings is 3. The van der Waals surface area contributed by atoms with Crippen molar-refractivity contribution in [3.8, 4) is 5.75 Å². The quantitative estimate of drug-likeness (QED) is 0.315. The second kappa shape index (κ2) is 10.6. The minimum atomic E-state index is -0.961. The Hall–Kier alpha value is -3.42. The van der Waals surface area contributed by atoms with Gasteiger partial charge in [-0.1, -0.05) is 29.3 Å². The number of halogens is 3. The van der Waals surface area contributed by atoms with E-state index in [2.05, 4.69) is 15.8 Å². The maximum Gasteiger partial charge on any atom is 0.329 e. The molecule has 0 aliphatic heterocycles. The predicted molar refractivity (Wildman–Crippen MR) is 118 cm³/mol. The van der Waals surface area contributed by atoms with Gasteiger partial charge in [0.05, 0.1) is 6.21 Å². The summed E-state index contributed by atoms with van der Waals surface area (Å²) in [6.45, 7) is 0.213. The Balaban J connectivity index is 1.49. The van der Waals surface area contributed by atoms with Crippen LogP contribution in [0.25, 0.3) is 0 Å². The zero-order valence-corrected chi connectivity index (χ0v) is 17.5. The van der Waals surface area contributed by atoms with Crippen molar-refractivity contribution in [1.82, 2.24) is 5.43 Å². The highest BCUT2D eigenvalue weighted by Gasteiger charge is 2.12. The number of carbonyl (C=O) groups is 2. The van der Waals surface area contributed by atoms with E-state index in [1.807, 2.05) is 0 Å². The lowest BCUT2D eigenvalue weighted by Crippen LogP contribution is -2.32. The molecule has 0 unspecified atom stereocenters. The van der Waals surface area contributed by atoms with Crippen LogP contribution in [-0.2, 0) is 16.2 Å². The van der Waals surface area contributed by atoms with Crippen LogP contribution in [0.3, 0.4) is 0 Å². The summed E-state index contributed by atoms with van der Waals surface area (Å²) >= 11 is 12.2. The van der Waals surface area contributed by atoms with E-state index in [1.165, 1.54) is 30.5 Å². The lowest BCUT2D eigenvalue weighted by atomic mass is 10.2. The first kappa shape index (κ1) is 22.3. The Bertz CT molecular complexity index is 1080. The van der Waals surface area contributed by atoms with Crippen LogP contribution in [0, 0.1) is 5.82 Å². The predicted octanol–water partition coefficient (Wildman–Crippen LogP) is 4.80. The van der Waals surface area contributed by atoms with Gasteiger partial charge in [-0.05, 0) is 66.2 Å². The monoisotopic (exact) mass is 459 g/mol. The third-order valence-corrected chi connectivity index (χ3v) is 4.72. The Morgan fingerprint density at radius 3 is 2.23 bits per heavy atom. The summed E-state index contributed by atoms with van der Waals surface area (Å²) in [4.78, 5) is 23.6. The number of rotatable bonds is 6. The van der Waals surface area contributed by atoms with Crippen molar-refractivity contribution >= 4 is 46.9 Å². The van der Waals surface area contributed by atoms with Crippen LogP contribution in [0.1, 0.15) is 11.1 Å². The molecule has 0 radical (unpaired) electrons. The van der Waals surface area contributed by atoms with E-state index in [-0.39, 0.29) is 6.61 Å². The largest absolute Gasteiger partial charge is 0.489 e. The highest BCUT2D eigenvalue weighted by Crippen LogP contribution is 2.25. The van der Waals surface area contributed by atoms with Crippen LogP contribution < -0.4 is 15.5 Å². The number of anilines is 1. The summed E-state index contributed by atoms with van der Waals surface area (Å²) in [5.41, 5.74) is 3.77. The van der Waals surface area contributed by atoms with E-state index >= 15 is 0 Å². The van der Waals surface area contributed by atoms with E-state index in [0.29, 0.717) is 32.6 Å². The summed E-state index contributed by atoms with van der Waals surface area (Å²) < 4.78 is 18.5. The molecule has 9 heteroatoms. The molecule has 2 amide bonds. The van der Waals surface area contributed by atoms with Crippen molar-refractivity contribution in [3.05, 3.63) is 93.7 Å². The van der Waals surface area contributed by atoms with Gasteiger partial charge in [0.25, 0.3) is 0 Å². The SMILES string of the molecule is O=C(N/N=C\c1ccc(OCc2c(Cl)cccc2Cl)cc1)C(=O)Nc1ccc(F)cc1. The third kappa shape index (κ3) is 6.53. The average molecular weight is 460 g/mol. The maximum absolute atomic E-state index is 12.9. The standard InChI is InChI=1S/C22H16Cl2FN3O3/c23-19-2-1-3-20(24)18(19)13-31-17-10-4-14(5-11-17)12-26-28-22(30)21(29)27-16-8-6-15(25)7-9-16/h1-12H,13H2,(H,27,29)(H,28,30)/b26-12-. The highest BCUT2D eigenvalue weighted by molar-refractivity contribution is 6.39. The first-order valence-corrected chi connectivity index (χ1v) is 9.73. The normalized spacial score (nSPS) is 10.7. The molecule has 0 aliphatic rings. The van der Waals surface area contributed by atoms with Gasteiger partial charge in [-0.25, -0.2) is 9.82 Å². The first-order valence-electron chi connectivity index (χ1n) is 8.98. The van der Waals surface area contributed by atoms with E-state index in [4.69, 9.17) is 27.9 Å². The van der Waals surface area contributed by atoms with Crippen molar-refractivity contribution in [2.45, 2.75) is 6.61 Å². The van der Waals surface area contributed by atoms with Crippen molar-refractivity contribution in [3.63, 3.8) is 0 Å². The zero-order valence-electron chi connectivity index (χ0n) is 15.9. The smallest absolute Gasteiger partial charge is 0.329 e. The highest BCUT2D eigenvalue weighted by atomic mass is 35.5. The fraction of sp³-hybridized carbons (Fsp3) is 0.0455. The molecular formula is C22H16Cl2FN3O3. The number of ether oxygens (including phenoxy) is 1. The number of hydrogen-bond acceptors (Lipinski definition) is 4.